The van der Waals surface area contributed by atoms with Gasteiger partial charge in [0.25, 0.3) is 0 Å². The van der Waals surface area contributed by atoms with Crippen molar-refractivity contribution in [1.82, 2.24) is 9.97 Å². The minimum atomic E-state index is 0.723. The Morgan fingerprint density at radius 1 is 1.35 bits per heavy atom. The van der Waals surface area contributed by atoms with E-state index in [9.17, 15) is 0 Å². The molecule has 0 spiro atoms. The maximum absolute atomic E-state index is 5.71. The van der Waals surface area contributed by atoms with Gasteiger partial charge in [-0.3, -0.25) is 0 Å². The summed E-state index contributed by atoms with van der Waals surface area (Å²) >= 11 is 1.84. The van der Waals surface area contributed by atoms with Crippen LogP contribution in [0.3, 0.4) is 0 Å². The zero-order valence-electron chi connectivity index (χ0n) is 13.8. The number of furan rings is 1. The zero-order valence-corrected chi connectivity index (χ0v) is 14.6. The van der Waals surface area contributed by atoms with Crippen LogP contribution in [0.15, 0.2) is 22.9 Å². The molecule has 0 aliphatic heterocycles. The number of fused-ring (bicyclic) bond motifs is 3. The average molecular weight is 327 g/mol. The lowest BCUT2D eigenvalue weighted by atomic mass is 9.89. The summed E-state index contributed by atoms with van der Waals surface area (Å²) in [5, 5.41) is 1.25. The lowest BCUT2D eigenvalue weighted by Crippen LogP contribution is -2.18. The van der Waals surface area contributed by atoms with Crippen molar-refractivity contribution in [2.45, 2.75) is 39.7 Å². The number of aromatic nitrogens is 2. The monoisotopic (exact) mass is 327 g/mol. The molecule has 5 heteroatoms. The predicted molar refractivity (Wildman–Crippen MR) is 94.2 cm³/mol. The van der Waals surface area contributed by atoms with Gasteiger partial charge in [-0.1, -0.05) is 6.92 Å². The second kappa shape index (κ2) is 5.64. The largest absolute Gasteiger partial charge is 0.464 e. The predicted octanol–water partition coefficient (Wildman–Crippen LogP) is 4.35. The molecule has 0 saturated carbocycles. The standard InChI is InChI=1S/C18H21N3OS/c1-11-4-7-14-15(8-11)23-18-16(14)17(19-10-20-18)21(3)9-13-6-5-12(2)22-13/h5-6,10-11H,4,7-9H2,1-3H3/t11-/m1/s1. The summed E-state index contributed by atoms with van der Waals surface area (Å²) in [5.41, 5.74) is 1.47. The summed E-state index contributed by atoms with van der Waals surface area (Å²) in [7, 11) is 2.08. The van der Waals surface area contributed by atoms with Crippen molar-refractivity contribution in [2.24, 2.45) is 5.92 Å². The van der Waals surface area contributed by atoms with Gasteiger partial charge >= 0.3 is 0 Å². The van der Waals surface area contributed by atoms with Gasteiger partial charge in [0.05, 0.1) is 11.9 Å². The van der Waals surface area contributed by atoms with E-state index in [1.807, 2.05) is 30.4 Å². The van der Waals surface area contributed by atoms with Crippen molar-refractivity contribution in [3.05, 3.63) is 40.4 Å². The maximum atomic E-state index is 5.71. The summed E-state index contributed by atoms with van der Waals surface area (Å²) < 4.78 is 5.71. The van der Waals surface area contributed by atoms with Crippen LogP contribution in [-0.2, 0) is 19.4 Å². The zero-order chi connectivity index (χ0) is 16.0. The summed E-state index contributed by atoms with van der Waals surface area (Å²) in [6, 6.07) is 4.04. The van der Waals surface area contributed by atoms with Crippen molar-refractivity contribution < 1.29 is 4.42 Å². The Kier molecular flexibility index (Phi) is 3.60. The maximum Gasteiger partial charge on any atom is 0.141 e. The number of rotatable bonds is 3. The summed E-state index contributed by atoms with van der Waals surface area (Å²) in [4.78, 5) is 13.9. The second-order valence-corrected chi connectivity index (χ2v) is 7.68. The Balaban J connectivity index is 1.74. The van der Waals surface area contributed by atoms with Gasteiger partial charge in [0.15, 0.2) is 0 Å². The summed E-state index contributed by atoms with van der Waals surface area (Å²) in [5.74, 6) is 3.71. The topological polar surface area (TPSA) is 42.2 Å². The van der Waals surface area contributed by atoms with Gasteiger partial charge in [-0.2, -0.15) is 0 Å². The highest BCUT2D eigenvalue weighted by atomic mass is 32.1. The van der Waals surface area contributed by atoms with Crippen molar-refractivity contribution in [3.63, 3.8) is 0 Å². The van der Waals surface area contributed by atoms with Crippen LogP contribution < -0.4 is 4.90 Å². The van der Waals surface area contributed by atoms with E-state index in [4.69, 9.17) is 4.42 Å². The third kappa shape index (κ3) is 2.63. The van der Waals surface area contributed by atoms with Crippen molar-refractivity contribution in [1.29, 1.82) is 0 Å². The fourth-order valence-corrected chi connectivity index (χ4v) is 4.77. The highest BCUT2D eigenvalue weighted by molar-refractivity contribution is 7.19. The van der Waals surface area contributed by atoms with Crippen molar-refractivity contribution >= 4 is 27.4 Å². The minimum absolute atomic E-state index is 0.723. The van der Waals surface area contributed by atoms with Crippen LogP contribution in [0.25, 0.3) is 10.2 Å². The van der Waals surface area contributed by atoms with Crippen molar-refractivity contribution in [3.8, 4) is 0 Å². The number of hydrogen-bond acceptors (Lipinski definition) is 5. The first-order chi connectivity index (χ1) is 11.1. The fourth-order valence-electron chi connectivity index (χ4n) is 3.43. The molecule has 0 bridgehead atoms. The van der Waals surface area contributed by atoms with Crippen LogP contribution in [-0.4, -0.2) is 17.0 Å². The number of anilines is 1. The van der Waals surface area contributed by atoms with Gasteiger partial charge in [0.1, 0.15) is 28.5 Å². The molecule has 1 aliphatic rings. The summed E-state index contributed by atoms with van der Waals surface area (Å²) in [6.07, 6.45) is 5.27. The van der Waals surface area contributed by atoms with E-state index in [-0.39, 0.29) is 0 Å². The smallest absolute Gasteiger partial charge is 0.141 e. The van der Waals surface area contributed by atoms with Crippen LogP contribution in [0.1, 0.15) is 35.3 Å². The Hall–Kier alpha value is -1.88. The lowest BCUT2D eigenvalue weighted by Gasteiger charge is -2.21. The minimum Gasteiger partial charge on any atom is -0.464 e. The molecule has 0 aromatic carbocycles. The first-order valence-electron chi connectivity index (χ1n) is 8.13. The van der Waals surface area contributed by atoms with Crippen LogP contribution in [0, 0.1) is 12.8 Å². The van der Waals surface area contributed by atoms with Crippen LogP contribution in [0.5, 0.6) is 0 Å². The normalized spacial score (nSPS) is 17.4. The number of nitrogens with zero attached hydrogens (tertiary/aromatic N) is 3. The van der Waals surface area contributed by atoms with E-state index in [2.05, 4.69) is 28.8 Å². The second-order valence-electron chi connectivity index (χ2n) is 6.60. The molecule has 3 aromatic heterocycles. The Morgan fingerprint density at radius 2 is 2.22 bits per heavy atom. The molecule has 4 nitrogen and oxygen atoms in total. The van der Waals surface area contributed by atoms with E-state index in [1.54, 1.807) is 6.33 Å². The Morgan fingerprint density at radius 3 is 3.00 bits per heavy atom. The van der Waals surface area contributed by atoms with Gasteiger partial charge in [-0.15, -0.1) is 11.3 Å². The highest BCUT2D eigenvalue weighted by Gasteiger charge is 2.24. The first kappa shape index (κ1) is 14.7. The molecule has 3 heterocycles. The molecular formula is C18H21N3OS. The van der Waals surface area contributed by atoms with E-state index >= 15 is 0 Å². The van der Waals surface area contributed by atoms with Gasteiger partial charge < -0.3 is 9.32 Å². The Labute approximate surface area is 140 Å². The van der Waals surface area contributed by atoms with E-state index < -0.39 is 0 Å². The molecule has 0 radical (unpaired) electrons. The third-order valence-electron chi connectivity index (χ3n) is 4.62. The molecule has 23 heavy (non-hydrogen) atoms. The third-order valence-corrected chi connectivity index (χ3v) is 5.78. The molecule has 120 valence electrons. The molecular weight excluding hydrogens is 306 g/mol. The van der Waals surface area contributed by atoms with Crippen LogP contribution in [0.4, 0.5) is 5.82 Å². The van der Waals surface area contributed by atoms with E-state index in [0.717, 1.165) is 41.1 Å². The molecule has 4 rings (SSSR count). The van der Waals surface area contributed by atoms with Gasteiger partial charge in [0.2, 0.25) is 0 Å². The van der Waals surface area contributed by atoms with E-state index in [1.165, 1.54) is 28.7 Å². The van der Waals surface area contributed by atoms with Gasteiger partial charge in [-0.05, 0) is 49.8 Å². The molecule has 0 saturated heterocycles. The number of hydrogen-bond donors (Lipinski definition) is 0. The molecule has 0 fully saturated rings. The molecule has 0 amide bonds. The van der Waals surface area contributed by atoms with Gasteiger partial charge in [0, 0.05) is 11.9 Å². The quantitative estimate of drug-likeness (QED) is 0.717. The average Bonchev–Trinajstić information content (AvgIpc) is 3.09. The fraction of sp³-hybridized carbons (Fsp3) is 0.444. The molecule has 1 aliphatic carbocycles. The SMILES string of the molecule is Cc1ccc(CN(C)c2ncnc3sc4c(c23)CC[C@@H](C)C4)o1. The van der Waals surface area contributed by atoms with Crippen LogP contribution >= 0.6 is 11.3 Å². The van der Waals surface area contributed by atoms with Crippen molar-refractivity contribution in [2.75, 3.05) is 11.9 Å². The molecule has 3 aromatic rings. The lowest BCUT2D eigenvalue weighted by molar-refractivity contribution is 0.481. The van der Waals surface area contributed by atoms with Gasteiger partial charge in [-0.25, -0.2) is 9.97 Å². The number of aryl methyl sites for hydroxylation is 2. The van der Waals surface area contributed by atoms with Crippen LogP contribution in [0.2, 0.25) is 0 Å². The van der Waals surface area contributed by atoms with E-state index in [0.29, 0.717) is 0 Å². The molecule has 0 unspecified atom stereocenters. The Bertz CT molecular complexity index is 851. The molecule has 1 atom stereocenters. The summed E-state index contributed by atoms with van der Waals surface area (Å²) in [6.45, 7) is 5.04. The highest BCUT2D eigenvalue weighted by Crippen LogP contribution is 2.40. The first-order valence-corrected chi connectivity index (χ1v) is 8.95. The number of thiophene rings is 1. The molecule has 0 N–H and O–H groups in total.